The Morgan fingerprint density at radius 3 is 2.70 bits per heavy atom. The zero-order valence-electron chi connectivity index (χ0n) is 13.7. The second-order valence-corrected chi connectivity index (χ2v) is 7.71. The molecule has 3 rings (SSSR count). The van der Waals surface area contributed by atoms with Crippen LogP contribution in [0.1, 0.15) is 55.4 Å². The first-order chi connectivity index (χ1) is 11.1. The molecular formula is C18H24N2O2S. The summed E-state index contributed by atoms with van der Waals surface area (Å²) in [4.78, 5) is 26.3. The molecule has 23 heavy (non-hydrogen) atoms. The number of benzene rings is 1. The van der Waals surface area contributed by atoms with Crippen molar-refractivity contribution in [1.82, 2.24) is 10.2 Å². The number of hydrogen-bond donors (Lipinski definition) is 1. The number of hydrogen-bond acceptors (Lipinski definition) is 3. The molecule has 4 nitrogen and oxygen atoms in total. The van der Waals surface area contributed by atoms with Crippen LogP contribution in [-0.4, -0.2) is 28.3 Å². The van der Waals surface area contributed by atoms with Crippen molar-refractivity contribution in [3.63, 3.8) is 0 Å². The molecule has 0 radical (unpaired) electrons. The summed E-state index contributed by atoms with van der Waals surface area (Å²) < 4.78 is 0. The number of imide groups is 1. The first kappa shape index (κ1) is 16.4. The quantitative estimate of drug-likeness (QED) is 0.858. The number of rotatable bonds is 2. The van der Waals surface area contributed by atoms with Crippen molar-refractivity contribution in [1.29, 1.82) is 0 Å². The molecule has 124 valence electrons. The van der Waals surface area contributed by atoms with Gasteiger partial charge in [-0.25, -0.2) is 4.79 Å². The van der Waals surface area contributed by atoms with Gasteiger partial charge in [-0.1, -0.05) is 60.9 Å². The van der Waals surface area contributed by atoms with E-state index in [-0.39, 0.29) is 28.6 Å². The van der Waals surface area contributed by atoms with Gasteiger partial charge in [-0.15, -0.1) is 0 Å². The SMILES string of the molecule is Cc1cccc([C@@H]2SC(=O)N(C(=O)NC3CCCCC3)[C@H]2C)c1. The Balaban J connectivity index is 1.70. The van der Waals surface area contributed by atoms with Gasteiger partial charge >= 0.3 is 6.03 Å². The Morgan fingerprint density at radius 1 is 1.26 bits per heavy atom. The normalized spacial score (nSPS) is 25.7. The average molecular weight is 332 g/mol. The molecule has 0 aromatic heterocycles. The summed E-state index contributed by atoms with van der Waals surface area (Å²) in [6.07, 6.45) is 5.62. The number of urea groups is 1. The summed E-state index contributed by atoms with van der Waals surface area (Å²) in [5, 5.41) is 2.93. The maximum Gasteiger partial charge on any atom is 0.325 e. The Kier molecular flexibility index (Phi) is 4.95. The van der Waals surface area contributed by atoms with Gasteiger partial charge in [0.05, 0.1) is 11.3 Å². The van der Waals surface area contributed by atoms with E-state index in [1.54, 1.807) is 0 Å². The van der Waals surface area contributed by atoms with Gasteiger partial charge in [-0.2, -0.15) is 0 Å². The number of thioether (sulfide) groups is 1. The predicted octanol–water partition coefficient (Wildman–Crippen LogP) is 4.64. The molecule has 1 aromatic rings. The first-order valence-electron chi connectivity index (χ1n) is 8.43. The van der Waals surface area contributed by atoms with Crippen LogP contribution >= 0.6 is 11.8 Å². The third-order valence-electron chi connectivity index (χ3n) is 4.79. The Morgan fingerprint density at radius 2 is 2.00 bits per heavy atom. The average Bonchev–Trinajstić information content (AvgIpc) is 2.83. The van der Waals surface area contributed by atoms with Crippen LogP contribution in [0, 0.1) is 6.92 Å². The molecule has 2 fully saturated rings. The molecule has 1 heterocycles. The fourth-order valence-electron chi connectivity index (χ4n) is 3.52. The van der Waals surface area contributed by atoms with Crippen LogP contribution < -0.4 is 5.32 Å². The molecule has 2 aliphatic rings. The molecule has 3 amide bonds. The monoisotopic (exact) mass is 332 g/mol. The van der Waals surface area contributed by atoms with Crippen molar-refractivity contribution in [3.05, 3.63) is 35.4 Å². The highest BCUT2D eigenvalue weighted by Gasteiger charge is 2.42. The molecule has 1 aliphatic carbocycles. The van der Waals surface area contributed by atoms with Crippen molar-refractivity contribution >= 4 is 23.0 Å². The number of nitrogens with one attached hydrogen (secondary N) is 1. The second-order valence-electron chi connectivity index (χ2n) is 6.61. The first-order valence-corrected chi connectivity index (χ1v) is 9.31. The number of nitrogens with zero attached hydrogens (tertiary/aromatic N) is 1. The molecule has 0 unspecified atom stereocenters. The Labute approximate surface area is 142 Å². The highest BCUT2D eigenvalue weighted by Crippen LogP contribution is 2.43. The number of amides is 3. The summed E-state index contributed by atoms with van der Waals surface area (Å²) in [6.45, 7) is 4.01. The van der Waals surface area contributed by atoms with E-state index in [0.29, 0.717) is 0 Å². The van der Waals surface area contributed by atoms with Gasteiger partial charge in [0.1, 0.15) is 0 Å². The zero-order chi connectivity index (χ0) is 16.4. The highest BCUT2D eigenvalue weighted by atomic mass is 32.2. The van der Waals surface area contributed by atoms with Crippen LogP contribution in [0.3, 0.4) is 0 Å². The minimum Gasteiger partial charge on any atom is -0.335 e. The van der Waals surface area contributed by atoms with E-state index in [1.165, 1.54) is 28.6 Å². The molecule has 2 atom stereocenters. The van der Waals surface area contributed by atoms with Gasteiger partial charge < -0.3 is 5.32 Å². The summed E-state index contributed by atoms with van der Waals surface area (Å²) in [5.74, 6) is 0. The van der Waals surface area contributed by atoms with Crippen LogP contribution in [0.15, 0.2) is 24.3 Å². The molecule has 1 aliphatic heterocycles. The largest absolute Gasteiger partial charge is 0.335 e. The van der Waals surface area contributed by atoms with E-state index in [4.69, 9.17) is 0 Å². The maximum atomic E-state index is 12.6. The van der Waals surface area contributed by atoms with E-state index < -0.39 is 0 Å². The summed E-state index contributed by atoms with van der Waals surface area (Å²) in [7, 11) is 0. The molecule has 5 heteroatoms. The number of carbonyl (C=O) groups is 2. The Hall–Kier alpha value is -1.49. The van der Waals surface area contributed by atoms with E-state index in [0.717, 1.165) is 31.2 Å². The molecule has 0 bridgehead atoms. The molecule has 0 spiro atoms. The topological polar surface area (TPSA) is 49.4 Å². The fraction of sp³-hybridized carbons (Fsp3) is 0.556. The van der Waals surface area contributed by atoms with Crippen molar-refractivity contribution in [2.45, 2.75) is 63.3 Å². The third kappa shape index (κ3) is 3.55. The Bertz CT molecular complexity index is 598. The van der Waals surface area contributed by atoms with Crippen LogP contribution in [0.4, 0.5) is 9.59 Å². The molecule has 1 saturated heterocycles. The van der Waals surface area contributed by atoms with E-state index in [9.17, 15) is 9.59 Å². The summed E-state index contributed by atoms with van der Waals surface area (Å²) in [6, 6.07) is 8.06. The van der Waals surface area contributed by atoms with Gasteiger partial charge in [0.25, 0.3) is 5.24 Å². The molecule has 1 aromatic carbocycles. The fourth-order valence-corrected chi connectivity index (χ4v) is 4.70. The highest BCUT2D eigenvalue weighted by molar-refractivity contribution is 8.14. The minimum atomic E-state index is -0.225. The zero-order valence-corrected chi connectivity index (χ0v) is 14.6. The second kappa shape index (κ2) is 6.95. The van der Waals surface area contributed by atoms with Crippen LogP contribution in [0.2, 0.25) is 0 Å². The summed E-state index contributed by atoms with van der Waals surface area (Å²) in [5.41, 5.74) is 2.29. The van der Waals surface area contributed by atoms with Crippen molar-refractivity contribution < 1.29 is 9.59 Å². The van der Waals surface area contributed by atoms with Crippen molar-refractivity contribution in [2.75, 3.05) is 0 Å². The van der Waals surface area contributed by atoms with Gasteiger partial charge in [0.15, 0.2) is 0 Å². The van der Waals surface area contributed by atoms with Crippen molar-refractivity contribution in [3.8, 4) is 0 Å². The van der Waals surface area contributed by atoms with Gasteiger partial charge in [0.2, 0.25) is 0 Å². The maximum absolute atomic E-state index is 12.6. The van der Waals surface area contributed by atoms with E-state index in [1.807, 2.05) is 32.0 Å². The smallest absolute Gasteiger partial charge is 0.325 e. The van der Waals surface area contributed by atoms with Crippen LogP contribution in [-0.2, 0) is 0 Å². The minimum absolute atomic E-state index is 0.0134. The number of carbonyl (C=O) groups excluding carboxylic acids is 2. The van der Waals surface area contributed by atoms with Gasteiger partial charge in [-0.05, 0) is 32.3 Å². The van der Waals surface area contributed by atoms with Gasteiger partial charge in [0, 0.05) is 6.04 Å². The van der Waals surface area contributed by atoms with Crippen molar-refractivity contribution in [2.24, 2.45) is 0 Å². The standard InChI is InChI=1S/C18H24N2O2S/c1-12-7-6-8-14(11-12)16-13(2)20(18(22)23-16)17(21)19-15-9-4-3-5-10-15/h6-8,11,13,15-16H,3-5,9-10H2,1-2H3,(H,19,21)/t13-,16+/m0/s1. The van der Waals surface area contributed by atoms with Gasteiger partial charge in [-0.3, -0.25) is 9.69 Å². The lowest BCUT2D eigenvalue weighted by atomic mass is 9.96. The van der Waals surface area contributed by atoms with E-state index >= 15 is 0 Å². The van der Waals surface area contributed by atoms with Crippen LogP contribution in [0.25, 0.3) is 0 Å². The molecular weight excluding hydrogens is 308 g/mol. The molecule has 1 saturated carbocycles. The summed E-state index contributed by atoms with van der Waals surface area (Å²) >= 11 is 1.26. The van der Waals surface area contributed by atoms with Crippen LogP contribution in [0.5, 0.6) is 0 Å². The lowest BCUT2D eigenvalue weighted by Crippen LogP contribution is -2.48. The predicted molar refractivity (Wildman–Crippen MR) is 93.6 cm³/mol. The third-order valence-corrected chi connectivity index (χ3v) is 6.11. The number of aryl methyl sites for hydroxylation is 1. The lowest BCUT2D eigenvalue weighted by Gasteiger charge is -2.27. The lowest BCUT2D eigenvalue weighted by molar-refractivity contribution is 0.184. The van der Waals surface area contributed by atoms with E-state index in [2.05, 4.69) is 11.4 Å². The molecule has 1 N–H and O–H groups in total.